The summed E-state index contributed by atoms with van der Waals surface area (Å²) in [6.45, 7) is 0.899. The van der Waals surface area contributed by atoms with E-state index in [1.807, 2.05) is 0 Å². The minimum Gasteiger partial charge on any atom is -0.478 e. The zero-order valence-electron chi connectivity index (χ0n) is 11.3. The molecule has 0 unspecified atom stereocenters. The number of aromatic nitrogens is 1. The van der Waals surface area contributed by atoms with E-state index in [-0.39, 0.29) is 11.1 Å². The van der Waals surface area contributed by atoms with Crippen LogP contribution in [0.3, 0.4) is 0 Å². The number of aromatic carboxylic acids is 1. The molecule has 22 heavy (non-hydrogen) atoms. The Balaban J connectivity index is 1.85. The molecule has 0 bridgehead atoms. The van der Waals surface area contributed by atoms with Crippen LogP contribution in [0.15, 0.2) is 22.3 Å². The number of carbonyl (C=O) groups excluding carboxylic acids is 1. The molecule has 0 aliphatic carbocycles. The quantitative estimate of drug-likeness (QED) is 0.793. The summed E-state index contributed by atoms with van der Waals surface area (Å²) in [5.74, 6) is -1.64. The van der Waals surface area contributed by atoms with Gasteiger partial charge in [-0.05, 0) is 17.7 Å². The van der Waals surface area contributed by atoms with Crippen molar-refractivity contribution in [3.05, 3.63) is 50.3 Å². The van der Waals surface area contributed by atoms with E-state index >= 15 is 0 Å². The highest BCUT2D eigenvalue weighted by molar-refractivity contribution is 7.14. The summed E-state index contributed by atoms with van der Waals surface area (Å²) in [5, 5.41) is 13.2. The molecule has 0 radical (unpaired) electrons. The molecule has 114 valence electrons. The molecule has 0 spiro atoms. The van der Waals surface area contributed by atoms with Crippen molar-refractivity contribution in [2.45, 2.75) is 13.0 Å². The lowest BCUT2D eigenvalue weighted by atomic mass is 10.1. The van der Waals surface area contributed by atoms with Crippen LogP contribution in [0.2, 0.25) is 0 Å². The highest BCUT2D eigenvalue weighted by Crippen LogP contribution is 2.21. The molecular formula is C14H12N2O5S. The number of carboxylic acids is 1. The number of rotatable bonds is 3. The first kappa shape index (κ1) is 14.5. The smallest absolute Gasteiger partial charge is 0.336 e. The van der Waals surface area contributed by atoms with Crippen LogP contribution in [0.1, 0.15) is 32.0 Å². The average molecular weight is 320 g/mol. The van der Waals surface area contributed by atoms with Gasteiger partial charge in [0.05, 0.1) is 23.8 Å². The van der Waals surface area contributed by atoms with Gasteiger partial charge in [0.15, 0.2) is 0 Å². The lowest BCUT2D eigenvalue weighted by molar-refractivity contribution is 0.0697. The van der Waals surface area contributed by atoms with E-state index in [0.717, 1.165) is 22.6 Å². The number of hydrogen-bond donors (Lipinski definition) is 3. The maximum atomic E-state index is 12.2. The molecule has 0 aromatic carbocycles. The molecule has 0 saturated heterocycles. The van der Waals surface area contributed by atoms with Crippen molar-refractivity contribution in [3.8, 4) is 0 Å². The van der Waals surface area contributed by atoms with E-state index in [1.54, 1.807) is 0 Å². The number of carboxylic acid groups (broad SMARTS) is 1. The van der Waals surface area contributed by atoms with E-state index in [2.05, 4.69) is 10.3 Å². The first-order valence-electron chi connectivity index (χ1n) is 6.50. The van der Waals surface area contributed by atoms with E-state index in [9.17, 15) is 14.4 Å². The van der Waals surface area contributed by atoms with Crippen molar-refractivity contribution in [1.82, 2.24) is 4.98 Å². The van der Waals surface area contributed by atoms with Crippen molar-refractivity contribution >= 4 is 28.2 Å². The van der Waals surface area contributed by atoms with Crippen molar-refractivity contribution in [2.75, 3.05) is 11.9 Å². The zero-order chi connectivity index (χ0) is 15.7. The molecule has 0 atom stereocenters. The number of thiophene rings is 1. The third kappa shape index (κ3) is 2.78. The summed E-state index contributed by atoms with van der Waals surface area (Å²) < 4.78 is 5.30. The van der Waals surface area contributed by atoms with Crippen LogP contribution in [0.4, 0.5) is 5.00 Å². The largest absolute Gasteiger partial charge is 0.478 e. The molecule has 1 aliphatic rings. The van der Waals surface area contributed by atoms with Crippen molar-refractivity contribution in [3.63, 3.8) is 0 Å². The SMILES string of the molecule is O=C(O)c1csc(NC(=O)c2cc3c([nH]c2=O)CCOC3)c1. The molecule has 8 heteroatoms. The normalized spacial score (nSPS) is 13.5. The Morgan fingerprint density at radius 3 is 2.91 bits per heavy atom. The second kappa shape index (κ2) is 5.74. The lowest BCUT2D eigenvalue weighted by Crippen LogP contribution is -2.26. The summed E-state index contributed by atoms with van der Waals surface area (Å²) in [4.78, 5) is 37.7. The van der Waals surface area contributed by atoms with Crippen molar-refractivity contribution < 1.29 is 19.4 Å². The van der Waals surface area contributed by atoms with Gasteiger partial charge >= 0.3 is 5.97 Å². The number of pyridine rings is 1. The Bertz CT molecular complexity index is 808. The van der Waals surface area contributed by atoms with Gasteiger partial charge in [0.1, 0.15) is 5.56 Å². The van der Waals surface area contributed by atoms with Gasteiger partial charge < -0.3 is 20.1 Å². The number of hydrogen-bond acceptors (Lipinski definition) is 5. The minimum atomic E-state index is -1.07. The third-order valence-corrected chi connectivity index (χ3v) is 4.14. The molecule has 0 fully saturated rings. The van der Waals surface area contributed by atoms with Gasteiger partial charge in [0.25, 0.3) is 11.5 Å². The highest BCUT2D eigenvalue weighted by Gasteiger charge is 2.18. The van der Waals surface area contributed by atoms with Crippen molar-refractivity contribution in [1.29, 1.82) is 0 Å². The maximum Gasteiger partial charge on any atom is 0.336 e. The van der Waals surface area contributed by atoms with Gasteiger partial charge in [-0.25, -0.2) is 4.79 Å². The number of fused-ring (bicyclic) bond motifs is 1. The zero-order valence-corrected chi connectivity index (χ0v) is 12.2. The standard InChI is InChI=1S/C14H12N2O5S/c17-12-9(3-7-5-21-2-1-10(7)15-12)13(18)16-11-4-8(6-22-11)14(19)20/h3-4,6H,1-2,5H2,(H,15,17)(H,16,18)(H,19,20). The van der Waals surface area contributed by atoms with Crippen molar-refractivity contribution in [2.24, 2.45) is 0 Å². The van der Waals surface area contributed by atoms with Gasteiger partial charge in [-0.3, -0.25) is 9.59 Å². The number of ether oxygens (including phenoxy) is 1. The highest BCUT2D eigenvalue weighted by atomic mass is 32.1. The summed E-state index contributed by atoms with van der Waals surface area (Å²) in [5.41, 5.74) is 1.18. The van der Waals surface area contributed by atoms with Crippen LogP contribution in [-0.2, 0) is 17.8 Å². The van der Waals surface area contributed by atoms with Crippen LogP contribution < -0.4 is 10.9 Å². The molecule has 0 saturated carbocycles. The Kier molecular flexibility index (Phi) is 3.78. The first-order valence-corrected chi connectivity index (χ1v) is 7.38. The fourth-order valence-corrected chi connectivity index (χ4v) is 2.95. The van der Waals surface area contributed by atoms with E-state index in [1.165, 1.54) is 17.5 Å². The molecule has 2 aromatic rings. The minimum absolute atomic E-state index is 0.0190. The Labute approximate surface area is 128 Å². The number of carbonyl (C=O) groups is 2. The Morgan fingerprint density at radius 1 is 1.36 bits per heavy atom. The molecular weight excluding hydrogens is 308 g/mol. The van der Waals surface area contributed by atoms with Gasteiger partial charge in [-0.2, -0.15) is 0 Å². The van der Waals surface area contributed by atoms with E-state index < -0.39 is 17.4 Å². The van der Waals surface area contributed by atoms with Crippen LogP contribution in [0, 0.1) is 0 Å². The molecule has 3 heterocycles. The first-order chi connectivity index (χ1) is 10.5. The van der Waals surface area contributed by atoms with Gasteiger partial charge in [0, 0.05) is 17.5 Å². The number of H-pyrrole nitrogens is 1. The second-order valence-corrected chi connectivity index (χ2v) is 5.69. The number of amides is 1. The lowest BCUT2D eigenvalue weighted by Gasteiger charge is -2.16. The predicted octanol–water partition coefficient (Wildman–Crippen LogP) is 1.46. The topological polar surface area (TPSA) is 108 Å². The van der Waals surface area contributed by atoms with Crippen LogP contribution in [-0.4, -0.2) is 28.6 Å². The Morgan fingerprint density at radius 2 is 2.18 bits per heavy atom. The maximum absolute atomic E-state index is 12.2. The number of aromatic amines is 1. The fourth-order valence-electron chi connectivity index (χ4n) is 2.18. The van der Waals surface area contributed by atoms with Gasteiger partial charge in [0.2, 0.25) is 0 Å². The summed E-state index contributed by atoms with van der Waals surface area (Å²) in [6.07, 6.45) is 0.610. The van der Waals surface area contributed by atoms with E-state index in [0.29, 0.717) is 24.6 Å². The third-order valence-electron chi connectivity index (χ3n) is 3.30. The summed E-state index contributed by atoms with van der Waals surface area (Å²) in [6, 6.07) is 2.87. The molecule has 3 rings (SSSR count). The molecule has 3 N–H and O–H groups in total. The molecule has 2 aromatic heterocycles. The average Bonchev–Trinajstić information content (AvgIpc) is 2.95. The van der Waals surface area contributed by atoms with E-state index in [4.69, 9.17) is 9.84 Å². The fraction of sp³-hybridized carbons (Fsp3) is 0.214. The number of anilines is 1. The van der Waals surface area contributed by atoms with Crippen LogP contribution in [0.5, 0.6) is 0 Å². The molecule has 7 nitrogen and oxygen atoms in total. The van der Waals surface area contributed by atoms with Crippen LogP contribution >= 0.6 is 11.3 Å². The molecule has 1 aliphatic heterocycles. The number of nitrogens with one attached hydrogen (secondary N) is 2. The Hall–Kier alpha value is -2.45. The summed E-state index contributed by atoms with van der Waals surface area (Å²) in [7, 11) is 0. The van der Waals surface area contributed by atoms with Gasteiger partial charge in [-0.15, -0.1) is 11.3 Å². The van der Waals surface area contributed by atoms with Crippen LogP contribution in [0.25, 0.3) is 0 Å². The molecule has 1 amide bonds. The second-order valence-electron chi connectivity index (χ2n) is 4.78. The predicted molar refractivity (Wildman–Crippen MR) is 79.7 cm³/mol. The summed E-state index contributed by atoms with van der Waals surface area (Å²) >= 11 is 1.09. The monoisotopic (exact) mass is 320 g/mol. The van der Waals surface area contributed by atoms with Gasteiger partial charge in [-0.1, -0.05) is 0 Å².